The first kappa shape index (κ1) is 26.3. The summed E-state index contributed by atoms with van der Waals surface area (Å²) in [5, 5.41) is 12.5. The van der Waals surface area contributed by atoms with Gasteiger partial charge in [-0.1, -0.05) is 32.6 Å². The Morgan fingerprint density at radius 1 is 0.973 bits per heavy atom. The van der Waals surface area contributed by atoms with E-state index in [2.05, 4.69) is 39.0 Å². The molecule has 1 fully saturated rings. The quantitative estimate of drug-likeness (QED) is 0.475. The topological polar surface area (TPSA) is 115 Å². The Morgan fingerprint density at radius 3 is 2.49 bits per heavy atom. The van der Waals surface area contributed by atoms with E-state index < -0.39 is 18.1 Å². The fourth-order valence-electron chi connectivity index (χ4n) is 4.64. The van der Waals surface area contributed by atoms with Crippen LogP contribution in [0.3, 0.4) is 0 Å². The van der Waals surface area contributed by atoms with Gasteiger partial charge in [-0.3, -0.25) is 24.4 Å². The van der Waals surface area contributed by atoms with Crippen molar-refractivity contribution in [3.8, 4) is 0 Å². The molecule has 0 radical (unpaired) electrons. The van der Waals surface area contributed by atoms with Crippen molar-refractivity contribution in [2.75, 3.05) is 6.54 Å². The van der Waals surface area contributed by atoms with Crippen LogP contribution in [0.2, 0.25) is 0 Å². The first-order valence-electron chi connectivity index (χ1n) is 12.8. The number of amides is 3. The number of benzene rings is 1. The fraction of sp³-hybridized carbons (Fsp3) is 0.429. The molecule has 3 amide bonds. The number of hydrogen-bond donors (Lipinski definition) is 4. The molecule has 2 aromatic rings. The Balaban J connectivity index is 1.68. The molecule has 2 aliphatic rings. The third-order valence-electron chi connectivity index (χ3n) is 6.87. The average Bonchev–Trinajstić information content (AvgIpc) is 2.88. The van der Waals surface area contributed by atoms with Gasteiger partial charge in [0.05, 0.1) is 11.7 Å². The smallest absolute Gasteiger partial charge is 0.258 e. The van der Waals surface area contributed by atoms with Crippen molar-refractivity contribution in [3.63, 3.8) is 0 Å². The Labute approximate surface area is 217 Å². The number of aromatic nitrogens is 1. The molecule has 1 saturated heterocycles. The van der Waals surface area contributed by atoms with E-state index in [0.717, 1.165) is 22.0 Å². The van der Waals surface area contributed by atoms with Crippen LogP contribution in [-0.4, -0.2) is 52.4 Å². The third-order valence-corrected chi connectivity index (χ3v) is 6.87. The van der Waals surface area contributed by atoms with Crippen LogP contribution in [0.15, 0.2) is 48.8 Å². The average molecular weight is 505 g/mol. The Hall–Kier alpha value is -3.72. The molecule has 3 heterocycles. The van der Waals surface area contributed by atoms with E-state index in [1.807, 2.05) is 51.2 Å². The lowest BCUT2D eigenvalue weighted by molar-refractivity contribution is -0.143. The van der Waals surface area contributed by atoms with Crippen molar-refractivity contribution >= 4 is 34.6 Å². The van der Waals surface area contributed by atoms with Gasteiger partial charge in [0.15, 0.2) is 0 Å². The molecule has 9 heteroatoms. The molecular weight excluding hydrogens is 468 g/mol. The SMILES string of the molecule is C=C1/C=C\c2cc3cc(ccc3cn2)[C@@H](C)NC(=O)[C@@H]2CCCN(N2)C(=O)[C@H](C)NC(=O)[C@H](C(C)C)N1. The normalized spacial score (nSPS) is 26.7. The van der Waals surface area contributed by atoms with E-state index in [1.165, 1.54) is 5.01 Å². The number of rotatable bonds is 1. The van der Waals surface area contributed by atoms with Gasteiger partial charge in [0.25, 0.3) is 5.91 Å². The molecule has 5 bridgehead atoms. The molecule has 0 unspecified atom stereocenters. The molecule has 0 saturated carbocycles. The van der Waals surface area contributed by atoms with Crippen molar-refractivity contribution in [1.82, 2.24) is 31.4 Å². The summed E-state index contributed by atoms with van der Waals surface area (Å²) in [6.07, 6.45) is 6.73. The van der Waals surface area contributed by atoms with Crippen LogP contribution in [0.4, 0.5) is 0 Å². The number of fused-ring (bicyclic) bond motifs is 4. The summed E-state index contributed by atoms with van der Waals surface area (Å²) >= 11 is 0. The van der Waals surface area contributed by atoms with E-state index in [1.54, 1.807) is 13.0 Å². The van der Waals surface area contributed by atoms with Gasteiger partial charge in [0.1, 0.15) is 18.1 Å². The molecule has 4 rings (SSSR count). The summed E-state index contributed by atoms with van der Waals surface area (Å²) < 4.78 is 0. The van der Waals surface area contributed by atoms with Crippen molar-refractivity contribution in [2.45, 2.75) is 64.7 Å². The lowest BCUT2D eigenvalue weighted by Gasteiger charge is -2.35. The molecule has 4 atom stereocenters. The van der Waals surface area contributed by atoms with Crippen molar-refractivity contribution in [2.24, 2.45) is 5.92 Å². The summed E-state index contributed by atoms with van der Waals surface area (Å²) in [5.41, 5.74) is 5.35. The van der Waals surface area contributed by atoms with Crippen molar-refractivity contribution < 1.29 is 14.4 Å². The maximum absolute atomic E-state index is 13.1. The van der Waals surface area contributed by atoms with Gasteiger partial charge in [-0.25, -0.2) is 5.43 Å². The third kappa shape index (κ3) is 6.17. The minimum atomic E-state index is -0.767. The number of nitrogens with zero attached hydrogens (tertiary/aromatic N) is 2. The molecular formula is C28H36N6O3. The van der Waals surface area contributed by atoms with Crippen LogP contribution in [0.1, 0.15) is 57.8 Å². The van der Waals surface area contributed by atoms with E-state index in [0.29, 0.717) is 25.1 Å². The number of hydrogen-bond acceptors (Lipinski definition) is 6. The summed E-state index contributed by atoms with van der Waals surface area (Å²) in [4.78, 5) is 43.8. The van der Waals surface area contributed by atoms with E-state index >= 15 is 0 Å². The van der Waals surface area contributed by atoms with Crippen LogP contribution >= 0.6 is 0 Å². The van der Waals surface area contributed by atoms with Gasteiger partial charge < -0.3 is 16.0 Å². The number of nitrogens with one attached hydrogen (secondary N) is 4. The summed E-state index contributed by atoms with van der Waals surface area (Å²) in [6.45, 7) is 12.0. The monoisotopic (exact) mass is 504 g/mol. The summed E-state index contributed by atoms with van der Waals surface area (Å²) in [5.74, 6) is -0.802. The number of allylic oxidation sites excluding steroid dienone is 1. The molecule has 196 valence electrons. The number of hydrazine groups is 1. The van der Waals surface area contributed by atoms with E-state index in [4.69, 9.17) is 0 Å². The molecule has 9 nitrogen and oxygen atoms in total. The zero-order chi connectivity index (χ0) is 26.7. The first-order chi connectivity index (χ1) is 17.6. The van der Waals surface area contributed by atoms with Crippen molar-refractivity contribution in [3.05, 3.63) is 60.1 Å². The first-order valence-corrected chi connectivity index (χ1v) is 12.8. The summed E-state index contributed by atoms with van der Waals surface area (Å²) in [7, 11) is 0. The largest absolute Gasteiger partial charge is 0.374 e. The van der Waals surface area contributed by atoms with Crippen LogP contribution in [0, 0.1) is 5.92 Å². The van der Waals surface area contributed by atoms with E-state index in [-0.39, 0.29) is 29.7 Å². The van der Waals surface area contributed by atoms with E-state index in [9.17, 15) is 14.4 Å². The maximum atomic E-state index is 13.1. The van der Waals surface area contributed by atoms with Crippen LogP contribution < -0.4 is 21.4 Å². The van der Waals surface area contributed by atoms with Gasteiger partial charge in [0, 0.05) is 23.8 Å². The van der Waals surface area contributed by atoms with Gasteiger partial charge in [0.2, 0.25) is 11.8 Å². The standard InChI is InChI=1S/C28H36N6O3/c1-16(2)25-27(36)32-19(5)28(37)34-12-6-7-24(33-34)26(35)31-18(4)20-9-10-21-15-29-23(14-22(21)13-20)11-8-17(3)30-25/h8-11,13-16,18-19,24-25,30,33H,3,6-7,12H2,1-2,4-5H3,(H,31,35)(H,32,36)/b11-8-/t18-,19+,24+,25+/m1/s1. The van der Waals surface area contributed by atoms with Gasteiger partial charge in [-0.15, -0.1) is 0 Å². The number of carbonyl (C=O) groups is 3. The minimum absolute atomic E-state index is 0.0503. The van der Waals surface area contributed by atoms with Gasteiger partial charge in [-0.2, -0.15) is 0 Å². The number of pyridine rings is 1. The molecule has 2 aliphatic heterocycles. The second kappa shape index (κ2) is 11.1. The van der Waals surface area contributed by atoms with Crippen molar-refractivity contribution in [1.29, 1.82) is 0 Å². The molecule has 1 aromatic heterocycles. The molecule has 37 heavy (non-hydrogen) atoms. The predicted molar refractivity (Wildman–Crippen MR) is 144 cm³/mol. The highest BCUT2D eigenvalue weighted by molar-refractivity contribution is 5.90. The molecule has 4 N–H and O–H groups in total. The highest BCUT2D eigenvalue weighted by Gasteiger charge is 2.32. The van der Waals surface area contributed by atoms with Gasteiger partial charge in [-0.05, 0) is 67.8 Å². The Bertz CT molecular complexity index is 1240. The second-order valence-corrected chi connectivity index (χ2v) is 10.2. The second-order valence-electron chi connectivity index (χ2n) is 10.2. The zero-order valence-electron chi connectivity index (χ0n) is 21.9. The lowest BCUT2D eigenvalue weighted by atomic mass is 10.0. The van der Waals surface area contributed by atoms with Crippen LogP contribution in [-0.2, 0) is 14.4 Å². The maximum Gasteiger partial charge on any atom is 0.258 e. The lowest BCUT2D eigenvalue weighted by Crippen LogP contribution is -2.61. The highest BCUT2D eigenvalue weighted by Crippen LogP contribution is 2.22. The molecule has 1 aromatic carbocycles. The predicted octanol–water partition coefficient (Wildman–Crippen LogP) is 2.57. The van der Waals surface area contributed by atoms with Crippen LogP contribution in [0.5, 0.6) is 0 Å². The minimum Gasteiger partial charge on any atom is -0.374 e. The zero-order valence-corrected chi connectivity index (χ0v) is 21.9. The number of carbonyl (C=O) groups excluding carboxylic acids is 3. The molecule has 0 spiro atoms. The van der Waals surface area contributed by atoms with Crippen LogP contribution in [0.25, 0.3) is 16.8 Å². The fourth-order valence-corrected chi connectivity index (χ4v) is 4.64. The highest BCUT2D eigenvalue weighted by atomic mass is 16.2. The summed E-state index contributed by atoms with van der Waals surface area (Å²) in [6, 6.07) is 5.90. The Kier molecular flexibility index (Phi) is 7.92. The van der Waals surface area contributed by atoms with Gasteiger partial charge >= 0.3 is 0 Å². The molecule has 0 aliphatic carbocycles. The Morgan fingerprint density at radius 2 is 1.73 bits per heavy atom.